The maximum atomic E-state index is 12.4. The molecule has 2 aromatic carbocycles. The molecule has 25 heavy (non-hydrogen) atoms. The fourth-order valence-electron chi connectivity index (χ4n) is 2.73. The Morgan fingerprint density at radius 3 is 2.68 bits per heavy atom. The number of carbonyl (C=O) groups excluding carboxylic acids is 1. The second-order valence-electron chi connectivity index (χ2n) is 5.66. The Hall–Kier alpha value is -2.44. The molecular weight excluding hydrogens is 336 g/mol. The second-order valence-corrected chi connectivity index (χ2v) is 6.04. The lowest BCUT2D eigenvalue weighted by Gasteiger charge is -2.20. The quantitative estimate of drug-likeness (QED) is 0.659. The van der Waals surface area contributed by atoms with Gasteiger partial charge in [0.2, 0.25) is 0 Å². The van der Waals surface area contributed by atoms with E-state index in [4.69, 9.17) is 21.7 Å². The molecule has 1 heterocycles. The maximum Gasteiger partial charge on any atom is 0.257 e. The average Bonchev–Trinajstić information content (AvgIpc) is 3.06. The first-order chi connectivity index (χ1) is 12.2. The van der Waals surface area contributed by atoms with Gasteiger partial charge in [0.05, 0.1) is 6.61 Å². The number of fused-ring (bicyclic) bond motifs is 1. The van der Waals surface area contributed by atoms with Gasteiger partial charge in [0.1, 0.15) is 12.4 Å². The van der Waals surface area contributed by atoms with Crippen LogP contribution in [0.25, 0.3) is 0 Å². The Bertz CT molecular complexity index is 762. The highest BCUT2D eigenvalue weighted by molar-refractivity contribution is 7.80. The van der Waals surface area contributed by atoms with E-state index in [1.807, 2.05) is 23.1 Å². The van der Waals surface area contributed by atoms with E-state index in [2.05, 4.69) is 11.4 Å². The van der Waals surface area contributed by atoms with E-state index in [0.29, 0.717) is 29.6 Å². The number of ether oxygens (including phenoxy) is 2. The molecule has 0 fully saturated rings. The molecule has 0 saturated carbocycles. The molecule has 0 aliphatic carbocycles. The molecule has 0 aromatic heterocycles. The predicted octanol–water partition coefficient (Wildman–Crippen LogP) is 2.79. The number of hydrogen-bond donors (Lipinski definition) is 1. The van der Waals surface area contributed by atoms with Gasteiger partial charge in [-0.2, -0.15) is 0 Å². The van der Waals surface area contributed by atoms with Crippen molar-refractivity contribution in [3.05, 3.63) is 59.7 Å². The Kier molecular flexibility index (Phi) is 5.63. The van der Waals surface area contributed by atoms with E-state index >= 15 is 0 Å². The summed E-state index contributed by atoms with van der Waals surface area (Å²) in [5.74, 6) is 0.475. The van der Waals surface area contributed by atoms with Crippen LogP contribution in [0, 0.1) is 0 Å². The number of nitrogens with zero attached hydrogens (tertiary/aromatic N) is 1. The molecule has 6 heteroatoms. The minimum atomic E-state index is -0.224. The first-order valence-electron chi connectivity index (χ1n) is 8.11. The second kappa shape index (κ2) is 8.09. The third kappa shape index (κ3) is 4.15. The van der Waals surface area contributed by atoms with Crippen molar-refractivity contribution >= 4 is 28.9 Å². The highest BCUT2D eigenvalue weighted by Gasteiger charge is 2.23. The topological polar surface area (TPSA) is 50.8 Å². The van der Waals surface area contributed by atoms with Crippen molar-refractivity contribution in [3.8, 4) is 5.75 Å². The lowest BCUT2D eigenvalue weighted by molar-refractivity contribution is 0.0977. The third-order valence-electron chi connectivity index (χ3n) is 4.03. The summed E-state index contributed by atoms with van der Waals surface area (Å²) in [6.07, 6.45) is 0.930. The first-order valence-corrected chi connectivity index (χ1v) is 8.52. The van der Waals surface area contributed by atoms with Crippen LogP contribution in [0.15, 0.2) is 48.5 Å². The average molecular weight is 356 g/mol. The lowest BCUT2D eigenvalue weighted by Crippen LogP contribution is -2.41. The number of amides is 1. The Morgan fingerprint density at radius 2 is 1.92 bits per heavy atom. The van der Waals surface area contributed by atoms with Gasteiger partial charge in [0, 0.05) is 24.9 Å². The van der Waals surface area contributed by atoms with Gasteiger partial charge in [-0.05, 0) is 54.5 Å². The minimum Gasteiger partial charge on any atom is -0.491 e. The van der Waals surface area contributed by atoms with Gasteiger partial charge in [-0.1, -0.05) is 18.2 Å². The fourth-order valence-corrected chi connectivity index (χ4v) is 3.01. The number of rotatable bonds is 5. The van der Waals surface area contributed by atoms with Gasteiger partial charge in [0.15, 0.2) is 5.11 Å². The zero-order valence-electron chi connectivity index (χ0n) is 14.0. The molecule has 1 aliphatic rings. The van der Waals surface area contributed by atoms with E-state index in [1.165, 1.54) is 5.56 Å². The summed E-state index contributed by atoms with van der Waals surface area (Å²) < 4.78 is 10.4. The maximum absolute atomic E-state index is 12.4. The van der Waals surface area contributed by atoms with Crippen molar-refractivity contribution < 1.29 is 14.3 Å². The van der Waals surface area contributed by atoms with Crippen molar-refractivity contribution in [1.82, 2.24) is 5.32 Å². The van der Waals surface area contributed by atoms with E-state index < -0.39 is 0 Å². The highest BCUT2D eigenvalue weighted by atomic mass is 32.1. The molecule has 1 aliphatic heterocycles. The third-order valence-corrected chi connectivity index (χ3v) is 4.35. The van der Waals surface area contributed by atoms with Crippen molar-refractivity contribution in [1.29, 1.82) is 0 Å². The van der Waals surface area contributed by atoms with Gasteiger partial charge in [-0.3, -0.25) is 10.1 Å². The van der Waals surface area contributed by atoms with Gasteiger partial charge in [-0.15, -0.1) is 0 Å². The molecule has 1 N–H and O–H groups in total. The van der Waals surface area contributed by atoms with Crippen LogP contribution < -0.4 is 15.0 Å². The molecule has 0 atom stereocenters. The van der Waals surface area contributed by atoms with Crippen molar-refractivity contribution in [2.45, 2.75) is 6.42 Å². The van der Waals surface area contributed by atoms with Crippen LogP contribution in [-0.4, -0.2) is 37.9 Å². The lowest BCUT2D eigenvalue weighted by atomic mass is 10.2. The number of thiocarbonyl (C=S) groups is 1. The summed E-state index contributed by atoms with van der Waals surface area (Å²) in [5, 5.41) is 3.23. The number of carbonyl (C=O) groups is 1. The molecule has 1 amide bonds. The number of methoxy groups -OCH3 is 1. The largest absolute Gasteiger partial charge is 0.491 e. The van der Waals surface area contributed by atoms with Crippen LogP contribution in [0.1, 0.15) is 15.9 Å². The molecule has 0 saturated heterocycles. The Balaban J connectivity index is 1.60. The molecule has 2 aromatic rings. The molecule has 0 unspecified atom stereocenters. The standard InChI is InChI=1S/C19H20N2O3S/c1-23-12-13-24-16-8-6-15(7-9-16)18(22)20-19(25)21-11-10-14-4-2-3-5-17(14)21/h2-9H,10-13H2,1H3,(H,20,22,25). The fraction of sp³-hybridized carbons (Fsp3) is 0.263. The number of para-hydroxylation sites is 1. The van der Waals surface area contributed by atoms with E-state index in [-0.39, 0.29) is 5.91 Å². The summed E-state index contributed by atoms with van der Waals surface area (Å²) >= 11 is 5.42. The van der Waals surface area contributed by atoms with Crippen LogP contribution in [0.4, 0.5) is 5.69 Å². The van der Waals surface area contributed by atoms with E-state index in [9.17, 15) is 4.79 Å². The van der Waals surface area contributed by atoms with Crippen LogP contribution in [0.2, 0.25) is 0 Å². The first kappa shape index (κ1) is 17.4. The highest BCUT2D eigenvalue weighted by Crippen LogP contribution is 2.27. The molecular formula is C19H20N2O3S. The summed E-state index contributed by atoms with van der Waals surface area (Å²) in [6.45, 7) is 1.78. The molecule has 0 bridgehead atoms. The van der Waals surface area contributed by atoms with Crippen LogP contribution in [0.3, 0.4) is 0 Å². The van der Waals surface area contributed by atoms with Gasteiger partial charge in [0.25, 0.3) is 5.91 Å². The number of benzene rings is 2. The van der Waals surface area contributed by atoms with Crippen molar-refractivity contribution in [2.75, 3.05) is 31.8 Å². The SMILES string of the molecule is COCCOc1ccc(C(=O)NC(=S)N2CCc3ccccc32)cc1. The molecule has 0 spiro atoms. The molecule has 5 nitrogen and oxygen atoms in total. The Labute approximate surface area is 152 Å². The number of hydrogen-bond acceptors (Lipinski definition) is 4. The normalized spacial score (nSPS) is 12.6. The summed E-state index contributed by atoms with van der Waals surface area (Å²) in [7, 11) is 1.62. The van der Waals surface area contributed by atoms with Gasteiger partial charge < -0.3 is 14.4 Å². The minimum absolute atomic E-state index is 0.224. The smallest absolute Gasteiger partial charge is 0.257 e. The number of anilines is 1. The number of nitrogens with one attached hydrogen (secondary N) is 1. The summed E-state index contributed by atoms with van der Waals surface area (Å²) in [4.78, 5) is 14.4. The Morgan fingerprint density at radius 1 is 1.16 bits per heavy atom. The van der Waals surface area contributed by atoms with E-state index in [1.54, 1.807) is 31.4 Å². The molecule has 3 rings (SSSR count). The zero-order valence-corrected chi connectivity index (χ0v) is 14.8. The zero-order chi connectivity index (χ0) is 17.6. The van der Waals surface area contributed by atoms with Crippen LogP contribution >= 0.6 is 12.2 Å². The molecule has 0 radical (unpaired) electrons. The van der Waals surface area contributed by atoms with Gasteiger partial charge in [-0.25, -0.2) is 0 Å². The van der Waals surface area contributed by atoms with Crippen molar-refractivity contribution in [3.63, 3.8) is 0 Å². The van der Waals surface area contributed by atoms with Crippen LogP contribution in [0.5, 0.6) is 5.75 Å². The summed E-state index contributed by atoms with van der Waals surface area (Å²) in [6, 6.07) is 15.1. The van der Waals surface area contributed by atoms with E-state index in [0.717, 1.165) is 18.7 Å². The predicted molar refractivity (Wildman–Crippen MR) is 101 cm³/mol. The monoisotopic (exact) mass is 356 g/mol. The summed E-state index contributed by atoms with van der Waals surface area (Å²) in [5.41, 5.74) is 2.85. The van der Waals surface area contributed by atoms with Crippen LogP contribution in [-0.2, 0) is 11.2 Å². The molecule has 130 valence electrons. The van der Waals surface area contributed by atoms with Crippen molar-refractivity contribution in [2.24, 2.45) is 0 Å². The van der Waals surface area contributed by atoms with Gasteiger partial charge >= 0.3 is 0 Å².